The van der Waals surface area contributed by atoms with E-state index >= 15 is 0 Å². The van der Waals surface area contributed by atoms with Gasteiger partial charge in [0.2, 0.25) is 0 Å². The van der Waals surface area contributed by atoms with Gasteiger partial charge in [0.1, 0.15) is 5.82 Å². The van der Waals surface area contributed by atoms with Gasteiger partial charge in [-0.3, -0.25) is 4.79 Å². The normalized spacial score (nSPS) is 23.0. The van der Waals surface area contributed by atoms with Crippen LogP contribution in [0.15, 0.2) is 12.1 Å². The van der Waals surface area contributed by atoms with Crippen LogP contribution in [0.5, 0.6) is 0 Å². The quantitative estimate of drug-likeness (QED) is 0.796. The fourth-order valence-electron chi connectivity index (χ4n) is 3.68. The van der Waals surface area contributed by atoms with Crippen LogP contribution in [0.3, 0.4) is 0 Å². The second kappa shape index (κ2) is 6.70. The van der Waals surface area contributed by atoms with E-state index in [1.807, 2.05) is 26.0 Å². The summed E-state index contributed by atoms with van der Waals surface area (Å²) < 4.78 is 34.2. The molecule has 1 amide bonds. The summed E-state index contributed by atoms with van der Waals surface area (Å²) in [4.78, 5) is 20.8. The maximum absolute atomic E-state index is 13.4. The van der Waals surface area contributed by atoms with E-state index in [1.165, 1.54) is 4.90 Å². The molecule has 0 N–H and O–H groups in total. The average Bonchev–Trinajstić information content (AvgIpc) is 3.00. The number of alkyl halides is 2. The minimum atomic E-state index is -2.67. The highest BCUT2D eigenvalue weighted by Crippen LogP contribution is 2.28. The number of ether oxygens (including phenoxy) is 1. The molecule has 0 saturated carbocycles. The first-order valence-electron chi connectivity index (χ1n) is 9.20. The number of rotatable bonds is 2. The number of hydrogen-bond acceptors (Lipinski definition) is 5. The van der Waals surface area contributed by atoms with Crippen molar-refractivity contribution in [2.75, 3.05) is 37.7 Å². The van der Waals surface area contributed by atoms with Crippen molar-refractivity contribution in [2.24, 2.45) is 0 Å². The zero-order valence-electron chi connectivity index (χ0n) is 15.5. The van der Waals surface area contributed by atoms with Gasteiger partial charge in [-0.1, -0.05) is 0 Å². The maximum atomic E-state index is 13.4. The molecular formula is C18H23F2N5O2. The van der Waals surface area contributed by atoms with Gasteiger partial charge in [0.25, 0.3) is 11.8 Å². The number of amides is 1. The van der Waals surface area contributed by atoms with Crippen LogP contribution < -0.4 is 4.90 Å². The summed E-state index contributed by atoms with van der Waals surface area (Å²) >= 11 is 0. The Balaban J connectivity index is 1.53. The third kappa shape index (κ3) is 3.60. The van der Waals surface area contributed by atoms with Gasteiger partial charge >= 0.3 is 0 Å². The zero-order valence-corrected chi connectivity index (χ0v) is 15.5. The number of anilines is 1. The highest BCUT2D eigenvalue weighted by molar-refractivity contribution is 5.82. The van der Waals surface area contributed by atoms with E-state index in [2.05, 4.69) is 15.0 Å². The molecule has 7 nitrogen and oxygen atoms in total. The third-order valence-corrected chi connectivity index (χ3v) is 5.13. The van der Waals surface area contributed by atoms with E-state index in [-0.39, 0.29) is 31.8 Å². The molecule has 27 heavy (non-hydrogen) atoms. The van der Waals surface area contributed by atoms with Crippen molar-refractivity contribution in [3.05, 3.63) is 23.5 Å². The maximum Gasteiger partial charge on any atom is 0.253 e. The molecule has 0 spiro atoms. The molecule has 4 heterocycles. The van der Waals surface area contributed by atoms with E-state index in [1.54, 1.807) is 4.52 Å². The summed E-state index contributed by atoms with van der Waals surface area (Å²) in [5, 5.41) is 4.50. The van der Waals surface area contributed by atoms with Gasteiger partial charge in [-0.2, -0.15) is 9.61 Å². The molecule has 2 fully saturated rings. The van der Waals surface area contributed by atoms with Crippen molar-refractivity contribution >= 4 is 17.4 Å². The Labute approximate surface area is 155 Å². The molecule has 0 aromatic carbocycles. The summed E-state index contributed by atoms with van der Waals surface area (Å²) in [7, 11) is 0. The van der Waals surface area contributed by atoms with Crippen LogP contribution in [0.25, 0.3) is 5.65 Å². The molecule has 4 rings (SSSR count). The van der Waals surface area contributed by atoms with Gasteiger partial charge in [-0.25, -0.2) is 13.8 Å². The molecule has 0 radical (unpaired) electrons. The molecule has 0 bridgehead atoms. The monoisotopic (exact) mass is 379 g/mol. The number of carbonyl (C=O) groups excluding carboxylic acids is 1. The molecule has 2 aliphatic heterocycles. The lowest BCUT2D eigenvalue weighted by Gasteiger charge is -2.38. The molecular weight excluding hydrogens is 356 g/mol. The van der Waals surface area contributed by atoms with Crippen molar-refractivity contribution < 1.29 is 18.3 Å². The van der Waals surface area contributed by atoms with Crippen LogP contribution in [-0.2, 0) is 9.53 Å². The lowest BCUT2D eigenvalue weighted by Crippen LogP contribution is -2.54. The number of carbonyl (C=O) groups is 1. The molecule has 2 saturated heterocycles. The lowest BCUT2D eigenvalue weighted by molar-refractivity contribution is -0.150. The Morgan fingerprint density at radius 3 is 2.67 bits per heavy atom. The summed E-state index contributed by atoms with van der Waals surface area (Å²) in [5.41, 5.74) is 2.49. The summed E-state index contributed by atoms with van der Waals surface area (Å²) in [6.45, 7) is 5.35. The van der Waals surface area contributed by atoms with Gasteiger partial charge in [-0.05, 0) is 13.8 Å². The number of halogens is 2. The fraction of sp³-hybridized carbons (Fsp3) is 0.611. The van der Waals surface area contributed by atoms with Crippen LogP contribution in [0, 0.1) is 13.8 Å². The number of aromatic nitrogens is 3. The van der Waals surface area contributed by atoms with Crippen LogP contribution in [-0.4, -0.2) is 70.2 Å². The molecule has 1 atom stereocenters. The highest BCUT2D eigenvalue weighted by atomic mass is 19.3. The highest BCUT2D eigenvalue weighted by Gasteiger charge is 2.38. The SMILES string of the molecule is Cc1cc(N2CCOC(C(=O)N3CCC(F)(F)CC3)C2)n2nc(C)cc2n1. The number of fused-ring (bicyclic) bond motifs is 1. The first-order valence-corrected chi connectivity index (χ1v) is 9.20. The standard InChI is InChI=1S/C18H23F2N5O2/c1-12-10-16(25-15(21-12)9-13(2)22-25)24-7-8-27-14(11-24)17(26)23-5-3-18(19,20)4-6-23/h9-10,14H,3-8,11H2,1-2H3. The first kappa shape index (κ1) is 18.1. The summed E-state index contributed by atoms with van der Waals surface area (Å²) in [5.74, 6) is -2.03. The topological polar surface area (TPSA) is 63.0 Å². The summed E-state index contributed by atoms with van der Waals surface area (Å²) in [6, 6.07) is 3.85. The molecule has 2 aromatic heterocycles. The van der Waals surface area contributed by atoms with Gasteiger partial charge in [0, 0.05) is 50.3 Å². The summed E-state index contributed by atoms with van der Waals surface area (Å²) in [6.07, 6.45) is -1.23. The second-order valence-electron chi connectivity index (χ2n) is 7.30. The Morgan fingerprint density at radius 2 is 1.93 bits per heavy atom. The fourth-order valence-corrected chi connectivity index (χ4v) is 3.68. The van der Waals surface area contributed by atoms with Crippen LogP contribution in [0.4, 0.5) is 14.6 Å². The molecule has 146 valence electrons. The van der Waals surface area contributed by atoms with E-state index in [9.17, 15) is 13.6 Å². The Kier molecular flexibility index (Phi) is 4.49. The Hall–Kier alpha value is -2.29. The molecule has 1 unspecified atom stereocenters. The number of aryl methyl sites for hydroxylation is 2. The number of piperidine rings is 1. The number of morpholine rings is 1. The van der Waals surface area contributed by atoms with E-state index in [0.29, 0.717) is 19.7 Å². The van der Waals surface area contributed by atoms with Crippen molar-refractivity contribution in [3.8, 4) is 0 Å². The lowest BCUT2D eigenvalue weighted by atomic mass is 10.1. The van der Waals surface area contributed by atoms with Gasteiger partial charge in [-0.15, -0.1) is 0 Å². The molecule has 0 aliphatic carbocycles. The number of nitrogens with zero attached hydrogens (tertiary/aromatic N) is 5. The minimum Gasteiger partial charge on any atom is -0.365 e. The minimum absolute atomic E-state index is 0.0721. The van der Waals surface area contributed by atoms with Crippen molar-refractivity contribution in [1.29, 1.82) is 0 Å². The predicted octanol–water partition coefficient (Wildman–Crippen LogP) is 1.81. The van der Waals surface area contributed by atoms with Crippen LogP contribution in [0.2, 0.25) is 0 Å². The van der Waals surface area contributed by atoms with Gasteiger partial charge in [0.05, 0.1) is 18.8 Å². The number of hydrogen-bond donors (Lipinski definition) is 0. The molecule has 2 aromatic rings. The third-order valence-electron chi connectivity index (χ3n) is 5.13. The van der Waals surface area contributed by atoms with E-state index < -0.39 is 12.0 Å². The largest absolute Gasteiger partial charge is 0.365 e. The van der Waals surface area contributed by atoms with Crippen molar-refractivity contribution in [1.82, 2.24) is 19.5 Å². The van der Waals surface area contributed by atoms with Crippen molar-refractivity contribution in [2.45, 2.75) is 38.7 Å². The van der Waals surface area contributed by atoms with Crippen LogP contribution >= 0.6 is 0 Å². The zero-order chi connectivity index (χ0) is 19.2. The first-order chi connectivity index (χ1) is 12.8. The smallest absolute Gasteiger partial charge is 0.253 e. The average molecular weight is 379 g/mol. The van der Waals surface area contributed by atoms with Gasteiger partial charge < -0.3 is 14.5 Å². The Morgan fingerprint density at radius 1 is 1.19 bits per heavy atom. The van der Waals surface area contributed by atoms with Crippen molar-refractivity contribution in [3.63, 3.8) is 0 Å². The van der Waals surface area contributed by atoms with E-state index in [4.69, 9.17) is 4.74 Å². The molecule has 9 heteroatoms. The van der Waals surface area contributed by atoms with Gasteiger partial charge in [0.15, 0.2) is 11.8 Å². The second-order valence-corrected chi connectivity index (χ2v) is 7.30. The Bertz CT molecular complexity index is 859. The number of likely N-dealkylation sites (tertiary alicyclic amines) is 1. The van der Waals surface area contributed by atoms with Crippen LogP contribution in [0.1, 0.15) is 24.2 Å². The van der Waals surface area contributed by atoms with E-state index in [0.717, 1.165) is 22.9 Å². The predicted molar refractivity (Wildman–Crippen MR) is 95.2 cm³/mol. The molecule has 2 aliphatic rings.